The predicted octanol–water partition coefficient (Wildman–Crippen LogP) is 5.11. The molecular formula is C21H15FN2O. The Hall–Kier alpha value is -3.27. The Balaban J connectivity index is 1.96. The Morgan fingerprint density at radius 2 is 1.60 bits per heavy atom. The average molecular weight is 330 g/mol. The van der Waals surface area contributed by atoms with Crippen LogP contribution in [0.5, 0.6) is 5.75 Å². The van der Waals surface area contributed by atoms with Crippen LogP contribution in [0.15, 0.2) is 73.1 Å². The Bertz CT molecular complexity index is 1050. The van der Waals surface area contributed by atoms with E-state index >= 15 is 4.39 Å². The van der Waals surface area contributed by atoms with Crippen LogP contribution in [0.2, 0.25) is 0 Å². The fourth-order valence-electron chi connectivity index (χ4n) is 3.00. The Morgan fingerprint density at radius 1 is 0.760 bits per heavy atom. The number of hydrogen-bond acceptors (Lipinski definition) is 3. The molecule has 0 N–H and O–H groups in total. The third kappa shape index (κ3) is 2.62. The van der Waals surface area contributed by atoms with Crippen molar-refractivity contribution >= 4 is 10.9 Å². The molecule has 122 valence electrons. The van der Waals surface area contributed by atoms with E-state index in [9.17, 15) is 0 Å². The molecule has 0 unspecified atom stereocenters. The first-order valence-corrected chi connectivity index (χ1v) is 7.91. The van der Waals surface area contributed by atoms with Crippen molar-refractivity contribution in [3.8, 4) is 28.1 Å². The summed E-state index contributed by atoms with van der Waals surface area (Å²) in [5, 5.41) is 0.949. The maximum absolute atomic E-state index is 15.2. The zero-order valence-corrected chi connectivity index (χ0v) is 13.6. The number of fused-ring (bicyclic) bond motifs is 1. The van der Waals surface area contributed by atoms with Crippen LogP contribution in [0.25, 0.3) is 33.3 Å². The van der Waals surface area contributed by atoms with Crippen LogP contribution in [-0.2, 0) is 0 Å². The van der Waals surface area contributed by atoms with E-state index in [2.05, 4.69) is 9.97 Å². The van der Waals surface area contributed by atoms with Gasteiger partial charge in [0.2, 0.25) is 0 Å². The van der Waals surface area contributed by atoms with Crippen LogP contribution in [0.3, 0.4) is 0 Å². The summed E-state index contributed by atoms with van der Waals surface area (Å²) in [6.45, 7) is 0. The largest absolute Gasteiger partial charge is 0.494 e. The van der Waals surface area contributed by atoms with Crippen molar-refractivity contribution in [3.05, 3.63) is 78.9 Å². The second-order valence-electron chi connectivity index (χ2n) is 5.60. The minimum Gasteiger partial charge on any atom is -0.494 e. The Labute approximate surface area is 144 Å². The molecule has 0 saturated carbocycles. The summed E-state index contributed by atoms with van der Waals surface area (Å²) in [4.78, 5) is 8.64. The summed E-state index contributed by atoms with van der Waals surface area (Å²) in [5.74, 6) is 0.241. The summed E-state index contributed by atoms with van der Waals surface area (Å²) in [6, 6.07) is 18.3. The van der Waals surface area contributed by atoms with Gasteiger partial charge in [-0.25, -0.2) is 4.39 Å². The first-order valence-electron chi connectivity index (χ1n) is 7.91. The van der Waals surface area contributed by atoms with E-state index in [1.54, 1.807) is 37.7 Å². The second-order valence-corrected chi connectivity index (χ2v) is 5.60. The summed E-state index contributed by atoms with van der Waals surface area (Å²) in [7, 11) is 1.58. The molecule has 2 heterocycles. The minimum absolute atomic E-state index is 0.324. The number of hydrogen-bond donors (Lipinski definition) is 0. The highest BCUT2D eigenvalue weighted by Crippen LogP contribution is 2.38. The molecule has 0 fully saturated rings. The van der Waals surface area contributed by atoms with Gasteiger partial charge in [-0.1, -0.05) is 30.3 Å². The van der Waals surface area contributed by atoms with E-state index in [0.29, 0.717) is 33.7 Å². The highest BCUT2D eigenvalue weighted by atomic mass is 19.1. The molecule has 3 nitrogen and oxygen atoms in total. The lowest BCUT2D eigenvalue weighted by molar-refractivity contribution is 0.420. The number of nitrogens with zero attached hydrogens (tertiary/aromatic N) is 2. The molecule has 0 amide bonds. The molecule has 0 aliphatic carbocycles. The zero-order chi connectivity index (χ0) is 17.2. The molecule has 4 rings (SSSR count). The summed E-state index contributed by atoms with van der Waals surface area (Å²) in [6.07, 6.45) is 3.36. The van der Waals surface area contributed by atoms with Gasteiger partial charge in [-0.15, -0.1) is 0 Å². The van der Waals surface area contributed by atoms with Crippen LogP contribution < -0.4 is 4.74 Å². The van der Waals surface area contributed by atoms with Crippen molar-refractivity contribution < 1.29 is 9.13 Å². The van der Waals surface area contributed by atoms with Crippen LogP contribution >= 0.6 is 0 Å². The molecule has 2 aromatic heterocycles. The van der Waals surface area contributed by atoms with Gasteiger partial charge in [0.1, 0.15) is 11.3 Å². The van der Waals surface area contributed by atoms with Gasteiger partial charge < -0.3 is 4.74 Å². The highest BCUT2D eigenvalue weighted by molar-refractivity contribution is 5.92. The normalized spacial score (nSPS) is 10.8. The zero-order valence-electron chi connectivity index (χ0n) is 13.6. The highest BCUT2D eigenvalue weighted by Gasteiger charge is 2.17. The number of methoxy groups -OCH3 is 1. The molecular weight excluding hydrogens is 315 g/mol. The van der Waals surface area contributed by atoms with Gasteiger partial charge in [-0.2, -0.15) is 0 Å². The average Bonchev–Trinajstić information content (AvgIpc) is 2.68. The monoisotopic (exact) mass is 330 g/mol. The molecule has 0 aliphatic heterocycles. The predicted molar refractivity (Wildman–Crippen MR) is 96.9 cm³/mol. The molecule has 0 aliphatic rings. The molecule has 25 heavy (non-hydrogen) atoms. The second kappa shape index (κ2) is 6.32. The van der Waals surface area contributed by atoms with Gasteiger partial charge in [0.05, 0.1) is 12.8 Å². The van der Waals surface area contributed by atoms with E-state index in [4.69, 9.17) is 4.74 Å². The third-order valence-corrected chi connectivity index (χ3v) is 4.16. The van der Waals surface area contributed by atoms with E-state index in [1.165, 1.54) is 0 Å². The minimum atomic E-state index is -0.324. The van der Waals surface area contributed by atoms with E-state index in [-0.39, 0.29) is 5.82 Å². The van der Waals surface area contributed by atoms with Crippen molar-refractivity contribution in [3.63, 3.8) is 0 Å². The summed E-state index contributed by atoms with van der Waals surface area (Å²) < 4.78 is 20.8. The Kier molecular flexibility index (Phi) is 3.86. The van der Waals surface area contributed by atoms with Crippen molar-refractivity contribution in [2.45, 2.75) is 0 Å². The van der Waals surface area contributed by atoms with Crippen molar-refractivity contribution in [1.29, 1.82) is 0 Å². The van der Waals surface area contributed by atoms with Gasteiger partial charge in [0, 0.05) is 34.5 Å². The standard InChI is InChI=1S/C21H15FN2O/c1-25-21-16(11-10-14-6-5-13-24-20(14)21)15-7-4-8-17(19(15)22)18-9-2-3-12-23-18/h2-13H,1H3. The molecule has 0 spiro atoms. The lowest BCUT2D eigenvalue weighted by atomic mass is 9.98. The maximum Gasteiger partial charge on any atom is 0.152 e. The molecule has 4 aromatic rings. The lowest BCUT2D eigenvalue weighted by Crippen LogP contribution is -1.95. The first kappa shape index (κ1) is 15.3. The number of ether oxygens (including phenoxy) is 1. The van der Waals surface area contributed by atoms with Gasteiger partial charge in [-0.3, -0.25) is 9.97 Å². The van der Waals surface area contributed by atoms with Crippen LogP contribution in [0, 0.1) is 5.82 Å². The van der Waals surface area contributed by atoms with Crippen LogP contribution in [0.4, 0.5) is 4.39 Å². The SMILES string of the molecule is COc1c(-c2cccc(-c3ccccn3)c2F)ccc2cccnc12. The van der Waals surface area contributed by atoms with E-state index < -0.39 is 0 Å². The summed E-state index contributed by atoms with van der Waals surface area (Å²) in [5.41, 5.74) is 2.91. The van der Waals surface area contributed by atoms with Gasteiger partial charge >= 0.3 is 0 Å². The van der Waals surface area contributed by atoms with Gasteiger partial charge in [0.15, 0.2) is 5.75 Å². The van der Waals surface area contributed by atoms with E-state index in [1.807, 2.05) is 42.5 Å². The molecule has 0 radical (unpaired) electrons. The van der Waals surface area contributed by atoms with Gasteiger partial charge in [0.25, 0.3) is 0 Å². The van der Waals surface area contributed by atoms with Crippen LogP contribution in [0.1, 0.15) is 0 Å². The topological polar surface area (TPSA) is 35.0 Å². The number of aromatic nitrogens is 2. The molecule has 0 atom stereocenters. The van der Waals surface area contributed by atoms with Crippen molar-refractivity contribution in [2.75, 3.05) is 7.11 Å². The molecule has 0 bridgehead atoms. The molecule has 4 heteroatoms. The number of benzene rings is 2. The fourth-order valence-corrected chi connectivity index (χ4v) is 3.00. The fraction of sp³-hybridized carbons (Fsp3) is 0.0476. The molecule has 0 saturated heterocycles. The molecule has 2 aromatic carbocycles. The lowest BCUT2D eigenvalue weighted by Gasteiger charge is -2.13. The smallest absolute Gasteiger partial charge is 0.152 e. The van der Waals surface area contributed by atoms with Gasteiger partial charge in [-0.05, 0) is 30.3 Å². The number of rotatable bonds is 3. The van der Waals surface area contributed by atoms with Crippen molar-refractivity contribution in [1.82, 2.24) is 9.97 Å². The summed E-state index contributed by atoms with van der Waals surface area (Å²) >= 11 is 0. The third-order valence-electron chi connectivity index (χ3n) is 4.16. The number of pyridine rings is 2. The maximum atomic E-state index is 15.2. The van der Waals surface area contributed by atoms with Crippen molar-refractivity contribution in [2.24, 2.45) is 0 Å². The quantitative estimate of drug-likeness (QED) is 0.523. The van der Waals surface area contributed by atoms with E-state index in [0.717, 1.165) is 5.39 Å². The van der Waals surface area contributed by atoms with Crippen LogP contribution in [-0.4, -0.2) is 17.1 Å². The first-order chi connectivity index (χ1) is 12.3. The number of halogens is 1. The Morgan fingerprint density at radius 3 is 2.40 bits per heavy atom.